The number of nitrogens with one attached hydrogen (secondary N) is 2. The molecule has 6 rings (SSSR count). The van der Waals surface area contributed by atoms with Gasteiger partial charge in [0.05, 0.1) is 28.6 Å². The topological polar surface area (TPSA) is 95.2 Å². The number of amides is 3. The first-order valence-corrected chi connectivity index (χ1v) is 13.1. The van der Waals surface area contributed by atoms with Gasteiger partial charge in [0.1, 0.15) is 0 Å². The van der Waals surface area contributed by atoms with E-state index in [9.17, 15) is 14.4 Å². The highest BCUT2D eigenvalue weighted by Gasteiger charge is 2.36. The second-order valence-electron chi connectivity index (χ2n) is 9.71. The molecule has 5 aromatic rings. The van der Waals surface area contributed by atoms with Gasteiger partial charge < -0.3 is 5.32 Å². The van der Waals surface area contributed by atoms with Crippen molar-refractivity contribution in [3.63, 3.8) is 0 Å². The summed E-state index contributed by atoms with van der Waals surface area (Å²) >= 11 is 0. The highest BCUT2D eigenvalue weighted by Crippen LogP contribution is 2.27. The highest BCUT2D eigenvalue weighted by molar-refractivity contribution is 6.21. The molecule has 4 aromatic carbocycles. The number of hydrogen-bond acceptors (Lipinski definition) is 4. The Labute approximate surface area is 231 Å². The Morgan fingerprint density at radius 1 is 0.750 bits per heavy atom. The van der Waals surface area contributed by atoms with Crippen LogP contribution in [0.3, 0.4) is 0 Å². The fourth-order valence-electron chi connectivity index (χ4n) is 5.08. The summed E-state index contributed by atoms with van der Waals surface area (Å²) in [5.41, 5.74) is 5.38. The van der Waals surface area contributed by atoms with Crippen LogP contribution in [0.4, 0.5) is 0 Å². The minimum absolute atomic E-state index is 0.0529. The standard InChI is InChI=1S/C33H26N4O3/c38-31(26-16-8-7-15-25(26)30-20-29(35-36-30)23-13-5-2-6-14-23)34-24(19-22-11-3-1-4-12-22)21-37-32(39)27-17-9-10-18-28(27)33(37)40/h1-18,20,24H,19,21H2,(H,34,38)(H,35,36)/t24-/m1/s1. The Kier molecular flexibility index (Phi) is 6.77. The van der Waals surface area contributed by atoms with Gasteiger partial charge in [-0.3, -0.25) is 24.4 Å². The zero-order valence-corrected chi connectivity index (χ0v) is 21.6. The summed E-state index contributed by atoms with van der Waals surface area (Å²) in [7, 11) is 0. The largest absolute Gasteiger partial charge is 0.347 e. The van der Waals surface area contributed by atoms with Crippen LogP contribution in [-0.4, -0.2) is 45.4 Å². The van der Waals surface area contributed by atoms with Crippen LogP contribution >= 0.6 is 0 Å². The lowest BCUT2D eigenvalue weighted by molar-refractivity contribution is 0.0628. The van der Waals surface area contributed by atoms with Gasteiger partial charge in [-0.05, 0) is 36.2 Å². The molecule has 0 saturated heterocycles. The maximum atomic E-state index is 13.7. The van der Waals surface area contributed by atoms with Crippen molar-refractivity contribution in [2.24, 2.45) is 0 Å². The molecule has 0 fully saturated rings. The van der Waals surface area contributed by atoms with Crippen molar-refractivity contribution in [2.75, 3.05) is 6.54 Å². The van der Waals surface area contributed by atoms with Crippen LogP contribution in [-0.2, 0) is 6.42 Å². The number of hydrogen-bond donors (Lipinski definition) is 2. The van der Waals surface area contributed by atoms with E-state index < -0.39 is 6.04 Å². The lowest BCUT2D eigenvalue weighted by Crippen LogP contribution is -2.47. The quantitative estimate of drug-likeness (QED) is 0.265. The highest BCUT2D eigenvalue weighted by atomic mass is 16.2. The van der Waals surface area contributed by atoms with Crippen molar-refractivity contribution in [3.05, 3.63) is 138 Å². The number of nitrogens with zero attached hydrogens (tertiary/aromatic N) is 2. The summed E-state index contributed by atoms with van der Waals surface area (Å²) in [6.45, 7) is 0.0529. The third-order valence-corrected chi connectivity index (χ3v) is 7.05. The molecule has 0 aliphatic carbocycles. The van der Waals surface area contributed by atoms with Crippen LogP contribution in [0.2, 0.25) is 0 Å². The molecule has 2 heterocycles. The first-order valence-electron chi connectivity index (χ1n) is 13.1. The first kappa shape index (κ1) is 25.0. The Morgan fingerprint density at radius 2 is 1.32 bits per heavy atom. The summed E-state index contributed by atoms with van der Waals surface area (Å²) in [5, 5.41) is 10.6. The first-order chi connectivity index (χ1) is 19.6. The van der Waals surface area contributed by atoms with Crippen molar-refractivity contribution in [2.45, 2.75) is 12.5 Å². The van der Waals surface area contributed by atoms with Crippen molar-refractivity contribution < 1.29 is 14.4 Å². The number of benzene rings is 4. The SMILES string of the molecule is O=C(N[C@H](Cc1ccccc1)CN1C(=O)c2ccccc2C1=O)c1ccccc1-c1cc(-c2ccccc2)n[nH]1. The second kappa shape index (κ2) is 10.8. The summed E-state index contributed by atoms with van der Waals surface area (Å²) in [6.07, 6.45) is 0.449. The number of imide groups is 1. The van der Waals surface area contributed by atoms with Crippen LogP contribution in [0.1, 0.15) is 36.6 Å². The maximum absolute atomic E-state index is 13.7. The number of rotatable bonds is 8. The molecule has 0 bridgehead atoms. The van der Waals surface area contributed by atoms with Crippen LogP contribution < -0.4 is 5.32 Å². The average molecular weight is 527 g/mol. The fraction of sp³-hybridized carbons (Fsp3) is 0.0909. The number of carbonyl (C=O) groups excluding carboxylic acids is 3. The van der Waals surface area contributed by atoms with Gasteiger partial charge in [-0.15, -0.1) is 0 Å². The number of carbonyl (C=O) groups is 3. The van der Waals surface area contributed by atoms with Crippen molar-refractivity contribution in [3.8, 4) is 22.5 Å². The summed E-state index contributed by atoms with van der Waals surface area (Å²) < 4.78 is 0. The molecule has 7 heteroatoms. The van der Waals surface area contributed by atoms with Crippen molar-refractivity contribution in [1.82, 2.24) is 20.4 Å². The predicted octanol–water partition coefficient (Wildman–Crippen LogP) is 5.38. The van der Waals surface area contributed by atoms with E-state index in [0.29, 0.717) is 34.4 Å². The van der Waals surface area contributed by atoms with Crippen LogP contribution in [0, 0.1) is 0 Å². The second-order valence-corrected chi connectivity index (χ2v) is 9.71. The molecular weight excluding hydrogens is 500 g/mol. The van der Waals surface area contributed by atoms with Gasteiger partial charge in [0.2, 0.25) is 0 Å². The molecule has 2 N–H and O–H groups in total. The molecule has 0 unspecified atom stereocenters. The van der Waals surface area contributed by atoms with Crippen LogP contribution in [0.5, 0.6) is 0 Å². The number of aromatic amines is 1. The van der Waals surface area contributed by atoms with E-state index in [4.69, 9.17) is 0 Å². The molecule has 1 aromatic heterocycles. The van der Waals surface area contributed by atoms with E-state index in [1.807, 2.05) is 84.9 Å². The number of H-pyrrole nitrogens is 1. The van der Waals surface area contributed by atoms with Gasteiger partial charge in [0.25, 0.3) is 17.7 Å². The Hall–Kier alpha value is -5.30. The van der Waals surface area contributed by atoms with Gasteiger partial charge >= 0.3 is 0 Å². The summed E-state index contributed by atoms with van der Waals surface area (Å²) in [5.74, 6) is -0.998. The number of fused-ring (bicyclic) bond motifs is 1. The lowest BCUT2D eigenvalue weighted by Gasteiger charge is -2.24. The Balaban J connectivity index is 1.27. The molecule has 196 valence electrons. The molecule has 40 heavy (non-hydrogen) atoms. The van der Waals surface area contributed by atoms with E-state index in [1.54, 1.807) is 30.3 Å². The zero-order chi connectivity index (χ0) is 27.5. The molecule has 0 saturated carbocycles. The predicted molar refractivity (Wildman–Crippen MR) is 153 cm³/mol. The monoisotopic (exact) mass is 526 g/mol. The maximum Gasteiger partial charge on any atom is 0.261 e. The number of aromatic nitrogens is 2. The summed E-state index contributed by atoms with van der Waals surface area (Å²) in [4.78, 5) is 41.1. The molecule has 1 atom stereocenters. The molecule has 1 aliphatic rings. The minimum Gasteiger partial charge on any atom is -0.347 e. The average Bonchev–Trinajstić information content (AvgIpc) is 3.58. The Morgan fingerprint density at radius 3 is 2.00 bits per heavy atom. The van der Waals surface area contributed by atoms with Crippen LogP contribution in [0.25, 0.3) is 22.5 Å². The fourth-order valence-corrected chi connectivity index (χ4v) is 5.08. The van der Waals surface area contributed by atoms with E-state index in [-0.39, 0.29) is 24.3 Å². The van der Waals surface area contributed by atoms with Gasteiger partial charge in [0, 0.05) is 23.2 Å². The Bertz CT molecular complexity index is 1660. The minimum atomic E-state index is -0.508. The van der Waals surface area contributed by atoms with Crippen LogP contribution in [0.15, 0.2) is 115 Å². The van der Waals surface area contributed by atoms with E-state index >= 15 is 0 Å². The smallest absolute Gasteiger partial charge is 0.261 e. The van der Waals surface area contributed by atoms with Gasteiger partial charge in [-0.2, -0.15) is 5.10 Å². The van der Waals surface area contributed by atoms with Gasteiger partial charge in [0.15, 0.2) is 0 Å². The molecular formula is C33H26N4O3. The molecule has 0 radical (unpaired) electrons. The lowest BCUT2D eigenvalue weighted by atomic mass is 10.0. The molecule has 3 amide bonds. The van der Waals surface area contributed by atoms with E-state index in [0.717, 1.165) is 16.8 Å². The third kappa shape index (κ3) is 4.92. The normalized spacial score (nSPS) is 13.2. The van der Waals surface area contributed by atoms with Crippen molar-refractivity contribution >= 4 is 17.7 Å². The zero-order valence-electron chi connectivity index (χ0n) is 21.6. The van der Waals surface area contributed by atoms with Gasteiger partial charge in [-0.1, -0.05) is 91.0 Å². The van der Waals surface area contributed by atoms with Crippen molar-refractivity contribution in [1.29, 1.82) is 0 Å². The molecule has 0 spiro atoms. The van der Waals surface area contributed by atoms with E-state index in [2.05, 4.69) is 15.5 Å². The summed E-state index contributed by atoms with van der Waals surface area (Å²) in [6, 6.07) is 35.0. The van der Waals surface area contributed by atoms with E-state index in [1.165, 1.54) is 4.90 Å². The molecule has 7 nitrogen and oxygen atoms in total. The third-order valence-electron chi connectivity index (χ3n) is 7.05. The molecule has 1 aliphatic heterocycles. The van der Waals surface area contributed by atoms with Gasteiger partial charge in [-0.25, -0.2) is 0 Å².